The SMILES string of the molecule is CCc1c(C(=O)N2CCOCC(O)(CN3CCCC3)C2)csc1C. The number of carbonyl (C=O) groups excluding carboxylic acids is 1. The monoisotopic (exact) mass is 352 g/mol. The summed E-state index contributed by atoms with van der Waals surface area (Å²) in [5.74, 6) is 0.0292. The molecule has 1 atom stereocenters. The quantitative estimate of drug-likeness (QED) is 0.899. The normalized spacial score (nSPS) is 25.9. The summed E-state index contributed by atoms with van der Waals surface area (Å²) in [5, 5.41) is 13.0. The molecule has 0 aromatic carbocycles. The Bertz CT molecular complexity index is 583. The average molecular weight is 353 g/mol. The van der Waals surface area contributed by atoms with Gasteiger partial charge >= 0.3 is 0 Å². The van der Waals surface area contributed by atoms with Gasteiger partial charge in [0.1, 0.15) is 5.60 Å². The fourth-order valence-corrected chi connectivity index (χ4v) is 4.75. The molecular formula is C18H28N2O3S. The molecule has 2 aliphatic heterocycles. The van der Waals surface area contributed by atoms with E-state index in [1.807, 2.05) is 5.38 Å². The molecular weight excluding hydrogens is 324 g/mol. The van der Waals surface area contributed by atoms with Gasteiger partial charge in [-0.05, 0) is 44.8 Å². The Hall–Kier alpha value is -0.950. The van der Waals surface area contributed by atoms with Gasteiger partial charge in [-0.1, -0.05) is 6.92 Å². The van der Waals surface area contributed by atoms with Crippen molar-refractivity contribution in [3.8, 4) is 0 Å². The lowest BCUT2D eigenvalue weighted by Crippen LogP contribution is -2.53. The van der Waals surface area contributed by atoms with Crippen LogP contribution in [-0.4, -0.2) is 72.4 Å². The molecule has 1 aromatic rings. The number of amides is 1. The molecule has 2 saturated heterocycles. The maximum atomic E-state index is 13.0. The molecule has 0 radical (unpaired) electrons. The lowest BCUT2D eigenvalue weighted by atomic mass is 10.0. The summed E-state index contributed by atoms with van der Waals surface area (Å²) in [4.78, 5) is 18.3. The Balaban J connectivity index is 1.75. The highest BCUT2D eigenvalue weighted by molar-refractivity contribution is 7.10. The Morgan fingerprint density at radius 3 is 2.83 bits per heavy atom. The van der Waals surface area contributed by atoms with Crippen molar-refractivity contribution in [2.24, 2.45) is 0 Å². The molecule has 0 saturated carbocycles. The lowest BCUT2D eigenvalue weighted by molar-refractivity contribution is -0.0524. The number of hydrogen-bond acceptors (Lipinski definition) is 5. The topological polar surface area (TPSA) is 53.0 Å². The number of carbonyl (C=O) groups is 1. The van der Waals surface area contributed by atoms with E-state index in [0.29, 0.717) is 32.8 Å². The summed E-state index contributed by atoms with van der Waals surface area (Å²) in [5.41, 5.74) is 0.956. The van der Waals surface area contributed by atoms with Crippen LogP contribution in [-0.2, 0) is 11.2 Å². The van der Waals surface area contributed by atoms with Crippen LogP contribution in [0.3, 0.4) is 0 Å². The van der Waals surface area contributed by atoms with Crippen LogP contribution in [0.5, 0.6) is 0 Å². The number of rotatable bonds is 4. The maximum Gasteiger partial charge on any atom is 0.255 e. The van der Waals surface area contributed by atoms with Gasteiger partial charge in [-0.3, -0.25) is 4.79 Å². The van der Waals surface area contributed by atoms with Gasteiger partial charge in [-0.25, -0.2) is 0 Å². The molecule has 0 aliphatic carbocycles. The highest BCUT2D eigenvalue weighted by Crippen LogP contribution is 2.25. The molecule has 0 bridgehead atoms. The van der Waals surface area contributed by atoms with Crippen LogP contribution in [0.25, 0.3) is 0 Å². The number of β-amino-alcohol motifs (C(OH)–C–C–N with tert-alkyl or cyclic N) is 1. The number of nitrogens with zero attached hydrogens (tertiary/aromatic N) is 2. The van der Waals surface area contributed by atoms with E-state index in [1.54, 1.807) is 16.2 Å². The zero-order valence-corrected chi connectivity index (χ0v) is 15.5. The number of thiophene rings is 1. The van der Waals surface area contributed by atoms with Gasteiger partial charge in [0.2, 0.25) is 0 Å². The van der Waals surface area contributed by atoms with Gasteiger partial charge in [-0.15, -0.1) is 11.3 Å². The molecule has 3 rings (SSSR count). The number of likely N-dealkylation sites (tertiary alicyclic amines) is 1. The molecule has 1 N–H and O–H groups in total. The van der Waals surface area contributed by atoms with E-state index in [9.17, 15) is 9.90 Å². The zero-order valence-electron chi connectivity index (χ0n) is 14.7. The van der Waals surface area contributed by atoms with Gasteiger partial charge in [0, 0.05) is 23.3 Å². The first-order chi connectivity index (χ1) is 11.5. The predicted octanol–water partition coefficient (Wildman–Crippen LogP) is 1.92. The average Bonchev–Trinajstić information content (AvgIpc) is 3.14. The minimum absolute atomic E-state index is 0.0292. The summed E-state index contributed by atoms with van der Waals surface area (Å²) in [6.07, 6.45) is 3.24. The molecule has 1 unspecified atom stereocenters. The van der Waals surface area contributed by atoms with Crippen molar-refractivity contribution in [2.75, 3.05) is 45.9 Å². The van der Waals surface area contributed by atoms with Crippen LogP contribution < -0.4 is 0 Å². The zero-order chi connectivity index (χ0) is 17.2. The van der Waals surface area contributed by atoms with E-state index in [0.717, 1.165) is 30.6 Å². The summed E-state index contributed by atoms with van der Waals surface area (Å²) in [6.45, 7) is 8.46. The van der Waals surface area contributed by atoms with E-state index < -0.39 is 5.60 Å². The molecule has 1 amide bonds. The molecule has 3 heterocycles. The maximum absolute atomic E-state index is 13.0. The van der Waals surface area contributed by atoms with Crippen LogP contribution in [0.2, 0.25) is 0 Å². The third-order valence-corrected chi connectivity index (χ3v) is 6.01. The molecule has 24 heavy (non-hydrogen) atoms. The Morgan fingerprint density at radius 1 is 1.38 bits per heavy atom. The first kappa shape index (κ1) is 17.9. The van der Waals surface area contributed by atoms with Gasteiger partial charge in [0.25, 0.3) is 5.91 Å². The molecule has 0 spiro atoms. The number of aliphatic hydroxyl groups is 1. The van der Waals surface area contributed by atoms with Crippen molar-refractivity contribution in [2.45, 2.75) is 38.7 Å². The van der Waals surface area contributed by atoms with Gasteiger partial charge in [0.05, 0.1) is 25.3 Å². The van der Waals surface area contributed by atoms with Crippen molar-refractivity contribution in [1.29, 1.82) is 0 Å². The highest BCUT2D eigenvalue weighted by Gasteiger charge is 2.37. The van der Waals surface area contributed by atoms with Crippen LogP contribution in [0, 0.1) is 6.92 Å². The van der Waals surface area contributed by atoms with Crippen LogP contribution in [0.1, 0.15) is 40.6 Å². The second-order valence-corrected chi connectivity index (χ2v) is 8.11. The van der Waals surface area contributed by atoms with Crippen molar-refractivity contribution in [1.82, 2.24) is 9.80 Å². The van der Waals surface area contributed by atoms with Crippen molar-refractivity contribution < 1.29 is 14.6 Å². The van der Waals surface area contributed by atoms with Crippen LogP contribution in [0.15, 0.2) is 5.38 Å². The Kier molecular flexibility index (Phi) is 5.59. The molecule has 2 fully saturated rings. The third-order valence-electron chi connectivity index (χ3n) is 5.05. The molecule has 1 aromatic heterocycles. The predicted molar refractivity (Wildman–Crippen MR) is 95.8 cm³/mol. The van der Waals surface area contributed by atoms with Gasteiger partial charge in [-0.2, -0.15) is 0 Å². The number of aryl methyl sites for hydroxylation is 1. The summed E-state index contributed by atoms with van der Waals surface area (Å²) < 4.78 is 5.63. The fraction of sp³-hybridized carbons (Fsp3) is 0.722. The van der Waals surface area contributed by atoms with Crippen LogP contribution >= 0.6 is 11.3 Å². The lowest BCUT2D eigenvalue weighted by Gasteiger charge is -2.34. The smallest absolute Gasteiger partial charge is 0.255 e. The first-order valence-electron chi connectivity index (χ1n) is 8.91. The second-order valence-electron chi connectivity index (χ2n) is 7.02. The number of ether oxygens (including phenoxy) is 1. The van der Waals surface area contributed by atoms with Gasteiger partial charge in [0.15, 0.2) is 0 Å². The van der Waals surface area contributed by atoms with Gasteiger partial charge < -0.3 is 19.6 Å². The van der Waals surface area contributed by atoms with E-state index in [4.69, 9.17) is 4.74 Å². The van der Waals surface area contributed by atoms with E-state index in [1.165, 1.54) is 17.7 Å². The Labute approximate surface area is 148 Å². The summed E-state index contributed by atoms with van der Waals surface area (Å²) in [6, 6.07) is 0. The highest BCUT2D eigenvalue weighted by atomic mass is 32.1. The summed E-state index contributed by atoms with van der Waals surface area (Å²) >= 11 is 1.63. The van der Waals surface area contributed by atoms with E-state index >= 15 is 0 Å². The van der Waals surface area contributed by atoms with Crippen molar-refractivity contribution in [3.63, 3.8) is 0 Å². The van der Waals surface area contributed by atoms with Crippen LogP contribution in [0.4, 0.5) is 0 Å². The van der Waals surface area contributed by atoms with E-state index in [-0.39, 0.29) is 5.91 Å². The first-order valence-corrected chi connectivity index (χ1v) is 9.79. The standard InChI is InChI=1S/C18H28N2O3S/c1-3-15-14(2)24-10-16(15)17(21)20-8-9-23-13-18(22,12-20)11-19-6-4-5-7-19/h10,22H,3-9,11-13H2,1-2H3. The largest absolute Gasteiger partial charge is 0.384 e. The second kappa shape index (κ2) is 7.52. The summed E-state index contributed by atoms with van der Waals surface area (Å²) in [7, 11) is 0. The molecule has 2 aliphatic rings. The minimum atomic E-state index is -0.978. The molecule has 6 heteroatoms. The molecule has 134 valence electrons. The number of hydrogen-bond donors (Lipinski definition) is 1. The fourth-order valence-electron chi connectivity index (χ4n) is 3.81. The third kappa shape index (κ3) is 3.82. The Morgan fingerprint density at radius 2 is 2.12 bits per heavy atom. The van der Waals surface area contributed by atoms with Crippen molar-refractivity contribution in [3.05, 3.63) is 21.4 Å². The minimum Gasteiger partial charge on any atom is -0.384 e. The molecule has 5 nitrogen and oxygen atoms in total. The van der Waals surface area contributed by atoms with Crippen molar-refractivity contribution >= 4 is 17.2 Å². The van der Waals surface area contributed by atoms with E-state index in [2.05, 4.69) is 18.7 Å².